The highest BCUT2D eigenvalue weighted by Gasteiger charge is 2.27. The normalized spacial score (nSPS) is 14.9. The largest absolute Gasteiger partial charge is 0.454 e. The zero-order valence-corrected chi connectivity index (χ0v) is 18.4. The number of nitrogens with zero attached hydrogens (tertiary/aromatic N) is 4. The van der Waals surface area contributed by atoms with Crippen LogP contribution in [0.1, 0.15) is 18.7 Å². The van der Waals surface area contributed by atoms with Crippen LogP contribution in [0.4, 0.5) is 5.69 Å². The van der Waals surface area contributed by atoms with Crippen molar-refractivity contribution in [3.8, 4) is 22.9 Å². The summed E-state index contributed by atoms with van der Waals surface area (Å²) in [4.78, 5) is 30.3. The van der Waals surface area contributed by atoms with Gasteiger partial charge in [0.2, 0.25) is 24.4 Å². The van der Waals surface area contributed by atoms with Gasteiger partial charge in [-0.25, -0.2) is 5.01 Å². The third kappa shape index (κ3) is 4.53. The zero-order chi connectivity index (χ0) is 22.8. The van der Waals surface area contributed by atoms with Crippen LogP contribution in [0, 0.1) is 0 Å². The van der Waals surface area contributed by atoms with Crippen molar-refractivity contribution in [2.24, 2.45) is 5.10 Å². The maximum atomic E-state index is 12.5. The maximum Gasteiger partial charge on any atom is 0.274 e. The fourth-order valence-corrected chi connectivity index (χ4v) is 3.79. The lowest BCUT2D eigenvalue weighted by Crippen LogP contribution is -2.38. The molecule has 0 unspecified atom stereocenters. The predicted octanol–water partition coefficient (Wildman–Crippen LogP) is 3.15. The van der Waals surface area contributed by atoms with E-state index in [9.17, 15) is 9.59 Å². The molecule has 0 radical (unpaired) electrons. The van der Waals surface area contributed by atoms with Crippen LogP contribution in [0.5, 0.6) is 11.5 Å². The van der Waals surface area contributed by atoms with Crippen molar-refractivity contribution in [2.45, 2.75) is 17.7 Å². The first-order valence-electron chi connectivity index (χ1n) is 10.1. The molecule has 2 amide bonds. The average Bonchev–Trinajstić information content (AvgIpc) is 3.50. The summed E-state index contributed by atoms with van der Waals surface area (Å²) < 4.78 is 16.1. The van der Waals surface area contributed by atoms with Crippen molar-refractivity contribution in [2.75, 3.05) is 24.9 Å². The molecule has 0 saturated heterocycles. The van der Waals surface area contributed by atoms with Crippen LogP contribution in [0.25, 0.3) is 11.4 Å². The quantitative estimate of drug-likeness (QED) is 0.552. The number of hydrogen-bond acceptors (Lipinski definition) is 9. The van der Waals surface area contributed by atoms with Gasteiger partial charge in [-0.3, -0.25) is 9.59 Å². The summed E-state index contributed by atoms with van der Waals surface area (Å²) in [6.45, 7) is -0.0383. The number of hydrogen-bond donors (Lipinski definition) is 1. The van der Waals surface area contributed by atoms with Gasteiger partial charge in [-0.15, -0.1) is 11.8 Å². The van der Waals surface area contributed by atoms with Crippen LogP contribution in [-0.2, 0) is 9.59 Å². The molecular formula is C22H19N5O5S. The van der Waals surface area contributed by atoms with Gasteiger partial charge in [0.1, 0.15) is 12.3 Å². The van der Waals surface area contributed by atoms with E-state index < -0.39 is 0 Å². The lowest BCUT2D eigenvalue weighted by molar-refractivity contribution is -0.135. The van der Waals surface area contributed by atoms with E-state index in [-0.39, 0.29) is 37.5 Å². The van der Waals surface area contributed by atoms with Crippen LogP contribution in [0.3, 0.4) is 0 Å². The van der Waals surface area contributed by atoms with Crippen molar-refractivity contribution in [1.82, 2.24) is 15.1 Å². The Hall–Kier alpha value is -3.86. The Labute approximate surface area is 192 Å². The maximum absolute atomic E-state index is 12.5. The Kier molecular flexibility index (Phi) is 5.69. The molecule has 1 N–H and O–H groups in total. The predicted molar refractivity (Wildman–Crippen MR) is 120 cm³/mol. The number of thioether (sulfide) groups is 1. The van der Waals surface area contributed by atoms with E-state index in [1.165, 1.54) is 0 Å². The van der Waals surface area contributed by atoms with Crippen molar-refractivity contribution in [3.05, 3.63) is 48.4 Å². The molecule has 11 heteroatoms. The summed E-state index contributed by atoms with van der Waals surface area (Å²) in [5.41, 5.74) is 1.80. The number of rotatable bonds is 6. The van der Waals surface area contributed by atoms with Crippen molar-refractivity contribution < 1.29 is 23.6 Å². The number of ether oxygens (including phenoxy) is 2. The van der Waals surface area contributed by atoms with Crippen LogP contribution < -0.4 is 14.8 Å². The highest BCUT2D eigenvalue weighted by molar-refractivity contribution is 7.98. The lowest BCUT2D eigenvalue weighted by atomic mass is 10.1. The fraction of sp³-hybridized carbons (Fsp3) is 0.227. The summed E-state index contributed by atoms with van der Waals surface area (Å²) in [6.07, 6.45) is 2.51. The molecule has 1 aromatic heterocycles. The summed E-state index contributed by atoms with van der Waals surface area (Å²) >= 11 is 1.61. The van der Waals surface area contributed by atoms with Gasteiger partial charge in [0.05, 0.1) is 0 Å². The van der Waals surface area contributed by atoms with Crippen molar-refractivity contribution in [3.63, 3.8) is 0 Å². The molecule has 2 aliphatic heterocycles. The fourth-order valence-electron chi connectivity index (χ4n) is 3.38. The first-order valence-corrected chi connectivity index (χ1v) is 11.4. The Balaban J connectivity index is 1.29. The van der Waals surface area contributed by atoms with Crippen LogP contribution in [0.15, 0.2) is 57.0 Å². The van der Waals surface area contributed by atoms with Gasteiger partial charge < -0.3 is 19.3 Å². The molecule has 3 heterocycles. The third-order valence-electron chi connectivity index (χ3n) is 5.08. The van der Waals surface area contributed by atoms with E-state index in [2.05, 4.69) is 20.6 Å². The summed E-state index contributed by atoms with van der Waals surface area (Å²) in [7, 11) is 0. The van der Waals surface area contributed by atoms with E-state index in [1.807, 2.05) is 30.5 Å². The van der Waals surface area contributed by atoms with Gasteiger partial charge in [0.25, 0.3) is 5.89 Å². The van der Waals surface area contributed by atoms with Gasteiger partial charge in [-0.05, 0) is 48.7 Å². The highest BCUT2D eigenvalue weighted by atomic mass is 32.2. The first kappa shape index (κ1) is 21.0. The Morgan fingerprint density at radius 2 is 1.94 bits per heavy atom. The van der Waals surface area contributed by atoms with E-state index in [0.29, 0.717) is 40.7 Å². The smallest absolute Gasteiger partial charge is 0.274 e. The van der Waals surface area contributed by atoms with Gasteiger partial charge >= 0.3 is 0 Å². The number of nitrogens with one attached hydrogen (secondary N) is 1. The molecule has 2 aliphatic rings. The Morgan fingerprint density at radius 3 is 2.76 bits per heavy atom. The molecule has 2 aromatic carbocycles. The summed E-state index contributed by atoms with van der Waals surface area (Å²) in [6, 6.07) is 12.8. The SMILES string of the molecule is CSc1ccc(NC(=O)CN2N=C(c3nc(-c4ccc5c(c4)OCO5)no3)CCC2=O)cc1. The molecule has 0 bridgehead atoms. The minimum Gasteiger partial charge on any atom is -0.454 e. The number of hydrazone groups is 1. The van der Waals surface area contributed by atoms with Gasteiger partial charge in [0, 0.05) is 29.0 Å². The number of benzene rings is 2. The molecule has 3 aromatic rings. The number of amides is 2. The molecule has 10 nitrogen and oxygen atoms in total. The molecule has 0 fully saturated rings. The van der Waals surface area contributed by atoms with Crippen LogP contribution >= 0.6 is 11.8 Å². The van der Waals surface area contributed by atoms with E-state index >= 15 is 0 Å². The Bertz CT molecular complexity index is 1240. The summed E-state index contributed by atoms with van der Waals surface area (Å²) in [5.74, 6) is 1.24. The monoisotopic (exact) mass is 465 g/mol. The second-order valence-corrected chi connectivity index (χ2v) is 8.15. The standard InChI is InChI=1S/C22H19N5O5S/c1-33-15-5-3-14(4-6-15)23-19(28)11-27-20(29)9-7-16(25-27)22-24-21(26-32-22)13-2-8-17-18(10-13)31-12-30-17/h2-6,8,10H,7,9,11-12H2,1H3,(H,23,28). The van der Waals surface area contributed by atoms with Gasteiger partial charge in [-0.2, -0.15) is 10.1 Å². The number of carbonyl (C=O) groups is 2. The number of anilines is 1. The van der Waals surface area contributed by atoms with Gasteiger partial charge in [-0.1, -0.05) is 5.16 Å². The molecule has 168 valence electrons. The summed E-state index contributed by atoms with van der Waals surface area (Å²) in [5, 5.41) is 12.2. The Morgan fingerprint density at radius 1 is 1.12 bits per heavy atom. The molecular weight excluding hydrogens is 446 g/mol. The van der Waals surface area contributed by atoms with Crippen molar-refractivity contribution in [1.29, 1.82) is 0 Å². The third-order valence-corrected chi connectivity index (χ3v) is 5.82. The molecule has 0 saturated carbocycles. The van der Waals surface area contributed by atoms with E-state index in [0.717, 1.165) is 9.90 Å². The van der Waals surface area contributed by atoms with E-state index in [1.54, 1.807) is 30.0 Å². The van der Waals surface area contributed by atoms with Crippen molar-refractivity contribution >= 4 is 35.0 Å². The topological polar surface area (TPSA) is 119 Å². The highest BCUT2D eigenvalue weighted by Crippen LogP contribution is 2.35. The first-order chi connectivity index (χ1) is 16.1. The second kappa shape index (κ2) is 8.94. The van der Waals surface area contributed by atoms with Gasteiger partial charge in [0.15, 0.2) is 11.5 Å². The molecule has 5 rings (SSSR count). The van der Waals surface area contributed by atoms with E-state index in [4.69, 9.17) is 14.0 Å². The number of fused-ring (bicyclic) bond motifs is 1. The zero-order valence-electron chi connectivity index (χ0n) is 17.6. The number of aromatic nitrogens is 2. The molecule has 33 heavy (non-hydrogen) atoms. The average molecular weight is 465 g/mol. The van der Waals surface area contributed by atoms with Crippen LogP contribution in [0.2, 0.25) is 0 Å². The minimum absolute atomic E-state index is 0.174. The second-order valence-electron chi connectivity index (χ2n) is 7.27. The van der Waals surface area contributed by atoms with Crippen LogP contribution in [-0.4, -0.2) is 52.3 Å². The number of carbonyl (C=O) groups excluding carboxylic acids is 2. The molecule has 0 spiro atoms. The minimum atomic E-state index is -0.350. The molecule has 0 atom stereocenters. The molecule has 0 aliphatic carbocycles. The lowest BCUT2D eigenvalue weighted by Gasteiger charge is -2.21.